The zero-order valence-electron chi connectivity index (χ0n) is 14.6. The summed E-state index contributed by atoms with van der Waals surface area (Å²) < 4.78 is 5.02. The zero-order valence-corrected chi connectivity index (χ0v) is 15.4. The first-order valence-electron chi connectivity index (χ1n) is 7.82. The second-order valence-corrected chi connectivity index (χ2v) is 6.67. The molecular weight excluding hydrogens is 336 g/mol. The Morgan fingerprint density at radius 1 is 1.28 bits per heavy atom. The number of nitrogens with zero attached hydrogens (tertiary/aromatic N) is 1. The fourth-order valence-electron chi connectivity index (χ4n) is 2.43. The lowest BCUT2D eigenvalue weighted by atomic mass is 10.1. The molecule has 2 aromatic rings. The molecule has 1 amide bonds. The number of phenols is 1. The van der Waals surface area contributed by atoms with Gasteiger partial charge in [0, 0.05) is 11.3 Å². The number of carbonyl (C=O) groups is 1. The summed E-state index contributed by atoms with van der Waals surface area (Å²) in [7, 11) is 1.48. The Labute approximate surface area is 152 Å². The fourth-order valence-corrected chi connectivity index (χ4v) is 3.18. The molecule has 0 saturated heterocycles. The zero-order chi connectivity index (χ0) is 18.2. The second-order valence-electron chi connectivity index (χ2n) is 5.68. The first kappa shape index (κ1) is 18.9. The number of methoxy groups -OCH3 is 1. The van der Waals surface area contributed by atoms with Gasteiger partial charge in [-0.15, -0.1) is 11.8 Å². The van der Waals surface area contributed by atoms with Gasteiger partial charge in [0.1, 0.15) is 0 Å². The van der Waals surface area contributed by atoms with Crippen molar-refractivity contribution in [1.82, 2.24) is 5.43 Å². The number of nitrogens with one attached hydrogen (secondary N) is 1. The molecule has 0 heterocycles. The normalized spacial score (nSPS) is 10.8. The van der Waals surface area contributed by atoms with E-state index in [4.69, 9.17) is 4.74 Å². The number of phenolic OH excluding ortho intramolecular Hbond substituents is 1. The number of hydrogen-bond donors (Lipinski definition) is 2. The van der Waals surface area contributed by atoms with Gasteiger partial charge in [0.15, 0.2) is 11.5 Å². The van der Waals surface area contributed by atoms with Crippen LogP contribution >= 0.6 is 11.8 Å². The maximum atomic E-state index is 11.8. The lowest BCUT2D eigenvalue weighted by molar-refractivity contribution is -0.118. The number of thioether (sulfide) groups is 1. The largest absolute Gasteiger partial charge is 0.504 e. The summed E-state index contributed by atoms with van der Waals surface area (Å²) in [6.07, 6.45) is 1.39. The van der Waals surface area contributed by atoms with E-state index < -0.39 is 0 Å². The summed E-state index contributed by atoms with van der Waals surface area (Å²) in [5.74, 6) is 1.25. The van der Waals surface area contributed by atoms with E-state index in [2.05, 4.69) is 42.6 Å². The maximum Gasteiger partial charge on any atom is 0.250 e. The van der Waals surface area contributed by atoms with Crippen LogP contribution in [-0.2, 0) is 10.5 Å². The van der Waals surface area contributed by atoms with E-state index in [0.29, 0.717) is 17.1 Å². The Balaban J connectivity index is 1.81. The highest BCUT2D eigenvalue weighted by atomic mass is 32.2. The topological polar surface area (TPSA) is 70.9 Å². The van der Waals surface area contributed by atoms with Crippen molar-refractivity contribution in [2.45, 2.75) is 19.6 Å². The number of hydrogen-bond acceptors (Lipinski definition) is 5. The Morgan fingerprint density at radius 2 is 2.00 bits per heavy atom. The van der Waals surface area contributed by atoms with E-state index >= 15 is 0 Å². The minimum atomic E-state index is -0.187. The molecule has 25 heavy (non-hydrogen) atoms. The number of aryl methyl sites for hydroxylation is 2. The van der Waals surface area contributed by atoms with Crippen LogP contribution in [0.25, 0.3) is 0 Å². The Bertz CT molecular complexity index is 755. The number of para-hydroxylation sites is 1. The Kier molecular flexibility index (Phi) is 6.89. The molecule has 0 aliphatic rings. The molecule has 6 heteroatoms. The lowest BCUT2D eigenvalue weighted by Gasteiger charge is -2.05. The predicted octanol–water partition coefficient (Wildman–Crippen LogP) is 3.40. The Morgan fingerprint density at radius 3 is 2.68 bits per heavy atom. The molecule has 0 aliphatic heterocycles. The summed E-state index contributed by atoms with van der Waals surface area (Å²) in [6, 6.07) is 11.4. The minimum Gasteiger partial charge on any atom is -0.504 e. The van der Waals surface area contributed by atoms with Crippen molar-refractivity contribution in [1.29, 1.82) is 0 Å². The molecule has 0 aromatic heterocycles. The third-order valence-electron chi connectivity index (χ3n) is 3.43. The first-order chi connectivity index (χ1) is 12.0. The van der Waals surface area contributed by atoms with Gasteiger partial charge in [-0.1, -0.05) is 35.4 Å². The number of hydrazone groups is 1. The molecule has 0 aliphatic carbocycles. The fraction of sp³-hybridized carbons (Fsp3) is 0.263. The van der Waals surface area contributed by atoms with Crippen molar-refractivity contribution in [2.24, 2.45) is 5.10 Å². The monoisotopic (exact) mass is 358 g/mol. The maximum absolute atomic E-state index is 11.8. The van der Waals surface area contributed by atoms with Crippen molar-refractivity contribution in [3.63, 3.8) is 0 Å². The third-order valence-corrected chi connectivity index (χ3v) is 4.43. The van der Waals surface area contributed by atoms with Gasteiger partial charge in [-0.2, -0.15) is 5.10 Å². The van der Waals surface area contributed by atoms with E-state index in [-0.39, 0.29) is 11.7 Å². The molecule has 0 unspecified atom stereocenters. The smallest absolute Gasteiger partial charge is 0.250 e. The third kappa shape index (κ3) is 5.83. The number of benzene rings is 2. The van der Waals surface area contributed by atoms with Crippen LogP contribution in [0.3, 0.4) is 0 Å². The SMILES string of the molecule is COc1cccc(/C=N\NC(=O)CSCc2cc(C)cc(C)c2)c1O. The van der Waals surface area contributed by atoms with Gasteiger partial charge in [-0.25, -0.2) is 5.43 Å². The highest BCUT2D eigenvalue weighted by Gasteiger charge is 2.05. The van der Waals surface area contributed by atoms with Crippen LogP contribution in [-0.4, -0.2) is 30.1 Å². The van der Waals surface area contributed by atoms with Gasteiger partial charge in [0.05, 0.1) is 19.1 Å². The molecular formula is C19H22N2O3S. The van der Waals surface area contributed by atoms with Crippen molar-refractivity contribution in [2.75, 3.05) is 12.9 Å². The summed E-state index contributed by atoms with van der Waals surface area (Å²) in [5.41, 5.74) is 6.60. The first-order valence-corrected chi connectivity index (χ1v) is 8.98. The van der Waals surface area contributed by atoms with Crippen molar-refractivity contribution in [3.05, 3.63) is 58.7 Å². The average Bonchev–Trinajstić information content (AvgIpc) is 2.55. The summed E-state index contributed by atoms with van der Waals surface area (Å²) >= 11 is 1.53. The van der Waals surface area contributed by atoms with Crippen LogP contribution in [0.2, 0.25) is 0 Å². The van der Waals surface area contributed by atoms with E-state index in [9.17, 15) is 9.90 Å². The predicted molar refractivity (Wildman–Crippen MR) is 102 cm³/mol. The molecule has 0 atom stereocenters. The van der Waals surface area contributed by atoms with Gasteiger partial charge in [0.25, 0.3) is 0 Å². The van der Waals surface area contributed by atoms with E-state index in [1.807, 2.05) is 0 Å². The van der Waals surface area contributed by atoms with Gasteiger partial charge in [-0.05, 0) is 31.5 Å². The van der Waals surface area contributed by atoms with Crippen molar-refractivity contribution < 1.29 is 14.6 Å². The second kappa shape index (κ2) is 9.13. The highest BCUT2D eigenvalue weighted by Crippen LogP contribution is 2.27. The molecule has 0 radical (unpaired) electrons. The number of rotatable bonds is 7. The van der Waals surface area contributed by atoms with E-state index in [1.54, 1.807) is 18.2 Å². The molecule has 0 bridgehead atoms. The summed E-state index contributed by atoms with van der Waals surface area (Å²) in [5, 5.41) is 13.8. The quantitative estimate of drug-likeness (QED) is 0.588. The molecule has 132 valence electrons. The van der Waals surface area contributed by atoms with Gasteiger partial charge in [0.2, 0.25) is 5.91 Å². The molecule has 2 rings (SSSR count). The molecule has 0 fully saturated rings. The molecule has 0 saturated carbocycles. The van der Waals surface area contributed by atoms with Crippen LogP contribution in [0, 0.1) is 13.8 Å². The summed E-state index contributed by atoms with van der Waals surface area (Å²) in [4.78, 5) is 11.8. The highest BCUT2D eigenvalue weighted by molar-refractivity contribution is 7.99. The van der Waals surface area contributed by atoms with Crippen LogP contribution < -0.4 is 10.2 Å². The van der Waals surface area contributed by atoms with Crippen LogP contribution in [0.1, 0.15) is 22.3 Å². The van der Waals surface area contributed by atoms with E-state index in [1.165, 1.54) is 41.8 Å². The Hall–Kier alpha value is -2.47. The number of amides is 1. The standard InChI is InChI=1S/C19H22N2O3S/c1-13-7-14(2)9-15(8-13)11-25-12-18(22)21-20-10-16-5-4-6-17(24-3)19(16)23/h4-10,23H,11-12H2,1-3H3,(H,21,22)/b20-10-. The number of carbonyl (C=O) groups excluding carboxylic acids is 1. The molecule has 2 N–H and O–H groups in total. The number of aromatic hydroxyl groups is 1. The minimum absolute atomic E-state index is 0.00723. The van der Waals surface area contributed by atoms with Gasteiger partial charge < -0.3 is 9.84 Å². The number of ether oxygens (including phenoxy) is 1. The van der Waals surface area contributed by atoms with Crippen LogP contribution in [0.15, 0.2) is 41.5 Å². The molecule has 0 spiro atoms. The van der Waals surface area contributed by atoms with Crippen molar-refractivity contribution >= 4 is 23.9 Å². The lowest BCUT2D eigenvalue weighted by Crippen LogP contribution is -2.19. The van der Waals surface area contributed by atoms with Gasteiger partial charge in [-0.3, -0.25) is 4.79 Å². The average molecular weight is 358 g/mol. The summed E-state index contributed by atoms with van der Waals surface area (Å²) in [6.45, 7) is 4.13. The van der Waals surface area contributed by atoms with Crippen LogP contribution in [0.4, 0.5) is 0 Å². The van der Waals surface area contributed by atoms with E-state index in [0.717, 1.165) is 5.75 Å². The van der Waals surface area contributed by atoms with Gasteiger partial charge >= 0.3 is 0 Å². The van der Waals surface area contributed by atoms with Crippen LogP contribution in [0.5, 0.6) is 11.5 Å². The molecule has 5 nitrogen and oxygen atoms in total. The van der Waals surface area contributed by atoms with Crippen molar-refractivity contribution in [3.8, 4) is 11.5 Å². The molecule has 2 aromatic carbocycles.